The summed E-state index contributed by atoms with van der Waals surface area (Å²) < 4.78 is 0. The molecule has 0 saturated carbocycles. The fourth-order valence-electron chi connectivity index (χ4n) is 2.74. The molecular weight excluding hydrogens is 256 g/mol. The van der Waals surface area contributed by atoms with Crippen LogP contribution in [-0.4, -0.2) is 41.5 Å². The molecular formula is C15H28N2O3. The molecule has 1 rings (SSSR count). The first-order chi connectivity index (χ1) is 9.34. The number of carbonyl (C=O) groups excluding carboxylic acids is 1. The molecule has 20 heavy (non-hydrogen) atoms. The van der Waals surface area contributed by atoms with Gasteiger partial charge in [-0.15, -0.1) is 0 Å². The van der Waals surface area contributed by atoms with Crippen molar-refractivity contribution in [3.63, 3.8) is 0 Å². The van der Waals surface area contributed by atoms with Crippen molar-refractivity contribution in [3.05, 3.63) is 0 Å². The maximum absolute atomic E-state index is 12.2. The van der Waals surface area contributed by atoms with Crippen molar-refractivity contribution in [2.75, 3.05) is 19.6 Å². The van der Waals surface area contributed by atoms with E-state index in [1.54, 1.807) is 0 Å². The second-order valence-corrected chi connectivity index (χ2v) is 6.63. The minimum atomic E-state index is -0.752. The van der Waals surface area contributed by atoms with Gasteiger partial charge in [-0.3, -0.25) is 9.59 Å². The first kappa shape index (κ1) is 17.0. The van der Waals surface area contributed by atoms with Crippen LogP contribution in [-0.2, 0) is 9.59 Å². The highest BCUT2D eigenvalue weighted by Crippen LogP contribution is 2.28. The van der Waals surface area contributed by atoms with Crippen molar-refractivity contribution in [1.82, 2.24) is 4.90 Å². The summed E-state index contributed by atoms with van der Waals surface area (Å²) in [5.41, 5.74) is 5.69. The Hall–Kier alpha value is -1.10. The largest absolute Gasteiger partial charge is 0.481 e. The summed E-state index contributed by atoms with van der Waals surface area (Å²) in [7, 11) is 0. The topological polar surface area (TPSA) is 83.6 Å². The highest BCUT2D eigenvalue weighted by molar-refractivity contribution is 5.76. The van der Waals surface area contributed by atoms with Gasteiger partial charge in [0.05, 0.1) is 0 Å². The molecule has 5 nitrogen and oxygen atoms in total. The van der Waals surface area contributed by atoms with Crippen LogP contribution in [0.2, 0.25) is 0 Å². The lowest BCUT2D eigenvalue weighted by Crippen LogP contribution is -2.30. The SMILES string of the molecule is CC(C)(CCN)CCC(=O)N1CCC(CCC(=O)O)C1. The summed E-state index contributed by atoms with van der Waals surface area (Å²) in [4.78, 5) is 24.6. The average Bonchev–Trinajstić information content (AvgIpc) is 2.82. The van der Waals surface area contributed by atoms with E-state index in [-0.39, 0.29) is 17.7 Å². The van der Waals surface area contributed by atoms with E-state index in [0.717, 1.165) is 32.4 Å². The molecule has 1 aliphatic rings. The Balaban J connectivity index is 2.30. The third kappa shape index (κ3) is 5.90. The minimum Gasteiger partial charge on any atom is -0.481 e. The van der Waals surface area contributed by atoms with Crippen LogP contribution in [0.1, 0.15) is 52.4 Å². The Bertz CT molecular complexity index is 342. The van der Waals surface area contributed by atoms with Crippen LogP contribution in [0.15, 0.2) is 0 Å². The Morgan fingerprint density at radius 2 is 2.00 bits per heavy atom. The molecule has 1 saturated heterocycles. The highest BCUT2D eigenvalue weighted by Gasteiger charge is 2.27. The van der Waals surface area contributed by atoms with Crippen LogP contribution >= 0.6 is 0 Å². The normalized spacial score (nSPS) is 19.4. The molecule has 1 aliphatic heterocycles. The summed E-state index contributed by atoms with van der Waals surface area (Å²) in [6, 6.07) is 0. The van der Waals surface area contributed by atoms with E-state index >= 15 is 0 Å². The lowest BCUT2D eigenvalue weighted by Gasteiger charge is -2.25. The molecule has 0 radical (unpaired) electrons. The molecule has 3 N–H and O–H groups in total. The van der Waals surface area contributed by atoms with Gasteiger partial charge in [-0.05, 0) is 43.6 Å². The second kappa shape index (κ2) is 7.62. The minimum absolute atomic E-state index is 0.118. The van der Waals surface area contributed by atoms with Crippen molar-refractivity contribution < 1.29 is 14.7 Å². The molecule has 0 aliphatic carbocycles. The summed E-state index contributed by atoms with van der Waals surface area (Å²) in [5.74, 6) is -0.196. The summed E-state index contributed by atoms with van der Waals surface area (Å²) in [6.07, 6.45) is 4.18. The van der Waals surface area contributed by atoms with E-state index in [4.69, 9.17) is 10.8 Å². The predicted molar refractivity (Wildman–Crippen MR) is 78.2 cm³/mol. The van der Waals surface area contributed by atoms with E-state index in [1.807, 2.05) is 4.90 Å². The number of nitrogens with zero attached hydrogens (tertiary/aromatic N) is 1. The first-order valence-corrected chi connectivity index (χ1v) is 7.54. The average molecular weight is 284 g/mol. The van der Waals surface area contributed by atoms with Crippen molar-refractivity contribution in [2.45, 2.75) is 52.4 Å². The van der Waals surface area contributed by atoms with Gasteiger partial charge in [0, 0.05) is 25.9 Å². The van der Waals surface area contributed by atoms with Crippen LogP contribution in [0.5, 0.6) is 0 Å². The zero-order chi connectivity index (χ0) is 15.2. The highest BCUT2D eigenvalue weighted by atomic mass is 16.4. The fourth-order valence-corrected chi connectivity index (χ4v) is 2.74. The van der Waals surface area contributed by atoms with Crippen LogP contribution in [0.25, 0.3) is 0 Å². The standard InChI is InChI=1S/C15H28N2O3/c1-15(2,8-9-16)7-5-13(18)17-10-6-12(11-17)3-4-14(19)20/h12H,3-11,16H2,1-2H3,(H,19,20). The Kier molecular flexibility index (Phi) is 6.46. The van der Waals surface area contributed by atoms with Gasteiger partial charge >= 0.3 is 5.97 Å². The number of likely N-dealkylation sites (tertiary alicyclic amines) is 1. The maximum atomic E-state index is 12.2. The van der Waals surface area contributed by atoms with Gasteiger partial charge in [0.15, 0.2) is 0 Å². The van der Waals surface area contributed by atoms with Gasteiger partial charge in [0.25, 0.3) is 0 Å². The molecule has 1 fully saturated rings. The molecule has 0 aromatic heterocycles. The van der Waals surface area contributed by atoms with Crippen LogP contribution in [0.4, 0.5) is 0 Å². The van der Waals surface area contributed by atoms with Crippen LogP contribution in [0, 0.1) is 11.3 Å². The molecule has 0 bridgehead atoms. The molecule has 116 valence electrons. The molecule has 0 aromatic carbocycles. The lowest BCUT2D eigenvalue weighted by atomic mass is 9.84. The van der Waals surface area contributed by atoms with Gasteiger partial charge in [-0.1, -0.05) is 13.8 Å². The summed E-state index contributed by atoms with van der Waals surface area (Å²) >= 11 is 0. The number of hydrogen-bond acceptors (Lipinski definition) is 3. The Morgan fingerprint density at radius 3 is 2.60 bits per heavy atom. The van der Waals surface area contributed by atoms with Gasteiger partial charge in [-0.2, -0.15) is 0 Å². The zero-order valence-electron chi connectivity index (χ0n) is 12.7. The smallest absolute Gasteiger partial charge is 0.303 e. The molecule has 5 heteroatoms. The van der Waals surface area contributed by atoms with E-state index in [2.05, 4.69) is 13.8 Å². The Labute approximate surface area is 121 Å². The van der Waals surface area contributed by atoms with E-state index in [1.165, 1.54) is 0 Å². The quantitative estimate of drug-likeness (QED) is 0.712. The molecule has 1 atom stereocenters. The van der Waals surface area contributed by atoms with Gasteiger partial charge in [0.2, 0.25) is 5.91 Å². The molecule has 1 unspecified atom stereocenters. The van der Waals surface area contributed by atoms with E-state index in [9.17, 15) is 9.59 Å². The third-order valence-corrected chi connectivity index (χ3v) is 4.24. The number of rotatable bonds is 8. The van der Waals surface area contributed by atoms with Crippen molar-refractivity contribution >= 4 is 11.9 Å². The van der Waals surface area contributed by atoms with E-state index in [0.29, 0.717) is 25.3 Å². The molecule has 0 aromatic rings. The second-order valence-electron chi connectivity index (χ2n) is 6.63. The number of hydrogen-bond donors (Lipinski definition) is 2. The number of amides is 1. The number of carboxylic acid groups (broad SMARTS) is 1. The van der Waals surface area contributed by atoms with Crippen molar-refractivity contribution in [2.24, 2.45) is 17.1 Å². The summed E-state index contributed by atoms with van der Waals surface area (Å²) in [5, 5.41) is 8.68. The maximum Gasteiger partial charge on any atom is 0.303 e. The first-order valence-electron chi connectivity index (χ1n) is 7.54. The predicted octanol–water partition coefficient (Wildman–Crippen LogP) is 1.85. The fraction of sp³-hybridized carbons (Fsp3) is 0.867. The van der Waals surface area contributed by atoms with Crippen LogP contribution in [0.3, 0.4) is 0 Å². The summed E-state index contributed by atoms with van der Waals surface area (Å²) in [6.45, 7) is 6.45. The monoisotopic (exact) mass is 284 g/mol. The number of carbonyl (C=O) groups is 2. The van der Waals surface area contributed by atoms with Crippen molar-refractivity contribution in [1.29, 1.82) is 0 Å². The van der Waals surface area contributed by atoms with Gasteiger partial charge in [0.1, 0.15) is 0 Å². The molecule has 0 spiro atoms. The molecule has 1 amide bonds. The van der Waals surface area contributed by atoms with Gasteiger partial charge in [-0.25, -0.2) is 0 Å². The third-order valence-electron chi connectivity index (χ3n) is 4.24. The number of aliphatic carboxylic acids is 1. The van der Waals surface area contributed by atoms with Crippen LogP contribution < -0.4 is 5.73 Å². The number of carboxylic acids is 1. The Morgan fingerprint density at radius 1 is 1.30 bits per heavy atom. The lowest BCUT2D eigenvalue weighted by molar-refractivity contribution is -0.137. The number of nitrogens with two attached hydrogens (primary N) is 1. The molecule has 1 heterocycles. The van der Waals surface area contributed by atoms with E-state index < -0.39 is 5.97 Å². The van der Waals surface area contributed by atoms with Gasteiger partial charge < -0.3 is 15.7 Å². The van der Waals surface area contributed by atoms with Crippen molar-refractivity contribution in [3.8, 4) is 0 Å². The zero-order valence-corrected chi connectivity index (χ0v) is 12.7.